The lowest BCUT2D eigenvalue weighted by Crippen LogP contribution is -2.47. The molecule has 0 amide bonds. The number of nitrogens with one attached hydrogen (secondary N) is 2. The highest BCUT2D eigenvalue weighted by Crippen LogP contribution is 2.37. The second-order valence-electron chi connectivity index (χ2n) is 10.6. The van der Waals surface area contributed by atoms with Crippen LogP contribution in [-0.4, -0.2) is 95.0 Å². The Morgan fingerprint density at radius 1 is 1.10 bits per heavy atom. The lowest BCUT2D eigenvalue weighted by Gasteiger charge is -2.38. The number of nitrogens with zero attached hydrogens (tertiary/aromatic N) is 2. The Kier molecular flexibility index (Phi) is 9.42. The number of ether oxygens (including phenoxy) is 2. The van der Waals surface area contributed by atoms with Gasteiger partial charge in [-0.3, -0.25) is 4.98 Å². The van der Waals surface area contributed by atoms with Crippen molar-refractivity contribution in [2.75, 3.05) is 46.1 Å². The van der Waals surface area contributed by atoms with Gasteiger partial charge in [-0.15, -0.1) is 0 Å². The lowest BCUT2D eigenvalue weighted by molar-refractivity contribution is -0.0312. The van der Waals surface area contributed by atoms with Crippen molar-refractivity contribution in [3.63, 3.8) is 0 Å². The highest BCUT2D eigenvalue weighted by Gasteiger charge is 2.44. The van der Waals surface area contributed by atoms with Gasteiger partial charge in [0.1, 0.15) is 25.1 Å². The molecule has 11 nitrogen and oxygen atoms in total. The molecule has 42 heavy (non-hydrogen) atoms. The SMILES string of the molecule is O=S(=O)(NCCF)c1cccc(OC[C@@H](O)CN[C@H]2COC3(CCN(S(=O)(=O)c4ccc5ncccc5c4)CC3)C2)c1. The summed E-state index contributed by atoms with van der Waals surface area (Å²) >= 11 is 0. The van der Waals surface area contributed by atoms with Gasteiger partial charge in [0.2, 0.25) is 20.0 Å². The summed E-state index contributed by atoms with van der Waals surface area (Å²) in [4.78, 5) is 4.46. The fraction of sp³-hybridized carbons (Fsp3) is 0.464. The normalized spacial score (nSPS) is 20.2. The van der Waals surface area contributed by atoms with E-state index in [1.165, 1.54) is 22.5 Å². The van der Waals surface area contributed by atoms with Gasteiger partial charge in [-0.25, -0.2) is 25.9 Å². The molecule has 3 N–H and O–H groups in total. The number of halogens is 1. The van der Waals surface area contributed by atoms with Gasteiger partial charge in [0.25, 0.3) is 0 Å². The summed E-state index contributed by atoms with van der Waals surface area (Å²) in [6.45, 7) is 0.201. The Balaban J connectivity index is 1.08. The minimum Gasteiger partial charge on any atom is -0.491 e. The highest BCUT2D eigenvalue weighted by molar-refractivity contribution is 7.89. The molecule has 2 aliphatic heterocycles. The number of aliphatic hydroxyl groups excluding tert-OH is 1. The average Bonchev–Trinajstić information content (AvgIpc) is 3.40. The van der Waals surface area contributed by atoms with Crippen molar-refractivity contribution < 1.29 is 35.8 Å². The molecule has 5 rings (SSSR count). The summed E-state index contributed by atoms with van der Waals surface area (Å²) < 4.78 is 78.8. The molecule has 1 spiro atoms. The van der Waals surface area contributed by atoms with E-state index in [1.54, 1.807) is 36.5 Å². The summed E-state index contributed by atoms with van der Waals surface area (Å²) in [5.41, 5.74) is 0.327. The Morgan fingerprint density at radius 2 is 1.90 bits per heavy atom. The van der Waals surface area contributed by atoms with Crippen molar-refractivity contribution >= 4 is 30.9 Å². The number of sulfonamides is 2. The van der Waals surface area contributed by atoms with Gasteiger partial charge in [0, 0.05) is 49.9 Å². The van der Waals surface area contributed by atoms with Gasteiger partial charge in [-0.1, -0.05) is 12.1 Å². The number of rotatable bonds is 12. The zero-order valence-corrected chi connectivity index (χ0v) is 24.6. The maximum absolute atomic E-state index is 13.3. The van der Waals surface area contributed by atoms with Gasteiger partial charge < -0.3 is 19.9 Å². The monoisotopic (exact) mass is 622 g/mol. The standard InChI is InChI=1S/C28H35FN4O7S2/c29-10-12-32-41(35,36)25-5-1-4-24(16-25)39-20-23(34)18-31-22-17-28(40-19-22)8-13-33(14-9-28)42(37,38)26-6-7-27-21(15-26)3-2-11-30-27/h1-7,11,15-16,22-23,31-32,34H,8-10,12-14,17-20H2/t22-,23+/m1/s1. The van der Waals surface area contributed by atoms with Crippen LogP contribution in [0.5, 0.6) is 5.75 Å². The highest BCUT2D eigenvalue weighted by atomic mass is 32.2. The number of piperidine rings is 1. The van der Waals surface area contributed by atoms with E-state index in [0.29, 0.717) is 39.0 Å². The third-order valence-corrected chi connectivity index (χ3v) is 11.0. The van der Waals surface area contributed by atoms with Crippen molar-refractivity contribution in [1.29, 1.82) is 0 Å². The lowest BCUT2D eigenvalue weighted by atomic mass is 9.88. The number of hydrogen-bond donors (Lipinski definition) is 3. The van der Waals surface area contributed by atoms with Crippen molar-refractivity contribution in [2.45, 2.75) is 46.8 Å². The van der Waals surface area contributed by atoms with Crippen LogP contribution in [0, 0.1) is 0 Å². The largest absolute Gasteiger partial charge is 0.491 e. The van der Waals surface area contributed by atoms with E-state index in [-0.39, 0.29) is 41.3 Å². The van der Waals surface area contributed by atoms with Gasteiger partial charge >= 0.3 is 0 Å². The second kappa shape index (κ2) is 12.9. The number of benzene rings is 2. The van der Waals surface area contributed by atoms with Crippen molar-refractivity contribution in [3.05, 3.63) is 60.8 Å². The van der Waals surface area contributed by atoms with Crippen LogP contribution < -0.4 is 14.8 Å². The molecule has 2 fully saturated rings. The number of alkyl halides is 1. The molecule has 0 saturated carbocycles. The zero-order valence-electron chi connectivity index (χ0n) is 23.0. The van der Waals surface area contributed by atoms with Crippen molar-refractivity contribution in [3.8, 4) is 5.75 Å². The molecule has 0 radical (unpaired) electrons. The summed E-state index contributed by atoms with van der Waals surface area (Å²) in [5.74, 6) is 0.266. The minimum atomic E-state index is -3.85. The third-order valence-electron chi connectivity index (χ3n) is 7.64. The number of aliphatic hydroxyl groups is 1. The van der Waals surface area contributed by atoms with Crippen LogP contribution in [0.3, 0.4) is 0 Å². The molecule has 0 aliphatic carbocycles. The predicted molar refractivity (Wildman–Crippen MR) is 154 cm³/mol. The maximum Gasteiger partial charge on any atom is 0.243 e. The van der Waals surface area contributed by atoms with Gasteiger partial charge in [-0.2, -0.15) is 4.31 Å². The first-order valence-corrected chi connectivity index (χ1v) is 16.7. The molecule has 0 unspecified atom stereocenters. The minimum absolute atomic E-state index is 0.00848. The van der Waals surface area contributed by atoms with E-state index in [0.717, 1.165) is 10.9 Å². The first-order valence-electron chi connectivity index (χ1n) is 13.8. The second-order valence-corrected chi connectivity index (χ2v) is 14.3. The van der Waals surface area contributed by atoms with E-state index in [9.17, 15) is 26.3 Å². The molecule has 14 heteroatoms. The molecule has 228 valence electrons. The maximum atomic E-state index is 13.3. The Morgan fingerprint density at radius 3 is 2.69 bits per heavy atom. The van der Waals surface area contributed by atoms with Crippen LogP contribution in [-0.2, 0) is 24.8 Å². The van der Waals surface area contributed by atoms with E-state index in [1.807, 2.05) is 6.07 Å². The Labute approximate surface area is 245 Å². The summed E-state index contributed by atoms with van der Waals surface area (Å²) in [5, 5.41) is 14.5. The number of fused-ring (bicyclic) bond motifs is 1. The van der Waals surface area contributed by atoms with Crippen LogP contribution in [0.2, 0.25) is 0 Å². The quantitative estimate of drug-likeness (QED) is 0.275. The molecule has 3 aromatic rings. The predicted octanol–water partition coefficient (Wildman–Crippen LogP) is 1.82. The topological polar surface area (TPSA) is 147 Å². The first kappa shape index (κ1) is 30.7. The molecule has 2 aliphatic rings. The first-order chi connectivity index (χ1) is 20.1. The van der Waals surface area contributed by atoms with Crippen LogP contribution in [0.15, 0.2) is 70.6 Å². The summed E-state index contributed by atoms with van der Waals surface area (Å²) in [6.07, 6.45) is 2.65. The van der Waals surface area contributed by atoms with Crippen LogP contribution in [0.25, 0.3) is 10.9 Å². The fourth-order valence-electron chi connectivity index (χ4n) is 5.36. The third kappa shape index (κ3) is 7.08. The van der Waals surface area contributed by atoms with E-state index in [4.69, 9.17) is 9.47 Å². The Hall–Kier alpha value is -2.72. The number of hydrogen-bond acceptors (Lipinski definition) is 9. The molecular weight excluding hydrogens is 587 g/mol. The molecule has 1 aromatic heterocycles. The molecular formula is C28H35FN4O7S2. The van der Waals surface area contributed by atoms with Gasteiger partial charge in [0.15, 0.2) is 0 Å². The van der Waals surface area contributed by atoms with E-state index in [2.05, 4.69) is 15.0 Å². The van der Waals surface area contributed by atoms with E-state index >= 15 is 0 Å². The summed E-state index contributed by atoms with van der Waals surface area (Å²) in [6, 6.07) is 14.4. The zero-order chi connectivity index (χ0) is 29.8. The average molecular weight is 623 g/mol. The van der Waals surface area contributed by atoms with Gasteiger partial charge in [-0.05, 0) is 55.7 Å². The fourth-order valence-corrected chi connectivity index (χ4v) is 7.88. The molecule has 0 bridgehead atoms. The van der Waals surface area contributed by atoms with Crippen LogP contribution in [0.1, 0.15) is 19.3 Å². The molecule has 3 heterocycles. The van der Waals surface area contributed by atoms with Gasteiger partial charge in [0.05, 0.1) is 27.5 Å². The molecule has 2 atom stereocenters. The van der Waals surface area contributed by atoms with Crippen LogP contribution in [0.4, 0.5) is 4.39 Å². The van der Waals surface area contributed by atoms with Crippen LogP contribution >= 0.6 is 0 Å². The van der Waals surface area contributed by atoms with Crippen molar-refractivity contribution in [2.24, 2.45) is 0 Å². The smallest absolute Gasteiger partial charge is 0.243 e. The number of aromatic nitrogens is 1. The molecule has 2 saturated heterocycles. The van der Waals surface area contributed by atoms with E-state index < -0.39 is 38.4 Å². The Bertz CT molecular complexity index is 1600. The number of pyridine rings is 1. The summed E-state index contributed by atoms with van der Waals surface area (Å²) in [7, 11) is -7.49. The molecule has 2 aromatic carbocycles. The van der Waals surface area contributed by atoms with Crippen molar-refractivity contribution in [1.82, 2.24) is 19.3 Å².